The number of para-hydroxylation sites is 1. The maximum absolute atomic E-state index is 12.6. The lowest BCUT2D eigenvalue weighted by molar-refractivity contribution is 0.102. The Morgan fingerprint density at radius 1 is 0.889 bits per heavy atom. The number of pyridine rings is 1. The Bertz CT molecular complexity index is 980. The molecular weight excluding hydrogens is 362 g/mol. The zero-order valence-electron chi connectivity index (χ0n) is 14.9. The standard InChI is InChI=1S/C21H18ClN3O2/c1-13-4-3-5-14(2)19(13)25-21(27)18-12-15(10-11-23-18)20(26)24-17-8-6-16(22)7-9-17/h3-12H,1-2H3,(H,24,26)(H,25,27). The summed E-state index contributed by atoms with van der Waals surface area (Å²) in [6.45, 7) is 3.85. The summed E-state index contributed by atoms with van der Waals surface area (Å²) >= 11 is 5.84. The molecule has 2 aromatic carbocycles. The van der Waals surface area contributed by atoms with Gasteiger partial charge in [-0.25, -0.2) is 0 Å². The molecule has 3 aromatic rings. The fourth-order valence-electron chi connectivity index (χ4n) is 2.62. The van der Waals surface area contributed by atoms with Crippen LogP contribution in [0.1, 0.15) is 32.0 Å². The maximum Gasteiger partial charge on any atom is 0.274 e. The highest BCUT2D eigenvalue weighted by Crippen LogP contribution is 2.20. The number of carbonyl (C=O) groups is 2. The average molecular weight is 380 g/mol. The van der Waals surface area contributed by atoms with Gasteiger partial charge in [-0.1, -0.05) is 29.8 Å². The van der Waals surface area contributed by atoms with Crippen LogP contribution in [-0.4, -0.2) is 16.8 Å². The second kappa shape index (κ2) is 8.01. The van der Waals surface area contributed by atoms with Crippen molar-refractivity contribution in [2.75, 3.05) is 10.6 Å². The molecule has 2 amide bonds. The summed E-state index contributed by atoms with van der Waals surface area (Å²) in [6, 6.07) is 15.6. The van der Waals surface area contributed by atoms with Crippen molar-refractivity contribution in [3.8, 4) is 0 Å². The molecule has 27 heavy (non-hydrogen) atoms. The van der Waals surface area contributed by atoms with E-state index in [0.29, 0.717) is 16.3 Å². The van der Waals surface area contributed by atoms with Gasteiger partial charge in [0, 0.05) is 28.2 Å². The Morgan fingerprint density at radius 3 is 2.22 bits per heavy atom. The quantitative estimate of drug-likeness (QED) is 0.680. The number of anilines is 2. The van der Waals surface area contributed by atoms with Crippen LogP contribution in [0.25, 0.3) is 0 Å². The Kier molecular flexibility index (Phi) is 5.52. The molecule has 0 aliphatic heterocycles. The van der Waals surface area contributed by atoms with Gasteiger partial charge in [0.2, 0.25) is 0 Å². The first kappa shape index (κ1) is 18.6. The number of halogens is 1. The minimum atomic E-state index is -0.367. The number of amides is 2. The first-order chi connectivity index (χ1) is 12.9. The molecule has 0 radical (unpaired) electrons. The molecule has 0 fully saturated rings. The average Bonchev–Trinajstić information content (AvgIpc) is 2.66. The van der Waals surface area contributed by atoms with Gasteiger partial charge in [0.25, 0.3) is 11.8 Å². The number of carbonyl (C=O) groups excluding carboxylic acids is 2. The van der Waals surface area contributed by atoms with Crippen LogP contribution in [0.4, 0.5) is 11.4 Å². The minimum absolute atomic E-state index is 0.168. The van der Waals surface area contributed by atoms with Crippen molar-refractivity contribution in [3.63, 3.8) is 0 Å². The molecule has 5 nitrogen and oxygen atoms in total. The molecule has 0 aliphatic rings. The lowest BCUT2D eigenvalue weighted by atomic mass is 10.1. The molecule has 0 saturated heterocycles. The predicted octanol–water partition coefficient (Wildman–Crippen LogP) is 4.86. The van der Waals surface area contributed by atoms with Gasteiger partial charge < -0.3 is 10.6 Å². The second-order valence-corrected chi connectivity index (χ2v) is 6.55. The smallest absolute Gasteiger partial charge is 0.274 e. The summed E-state index contributed by atoms with van der Waals surface area (Å²) in [6.07, 6.45) is 1.44. The van der Waals surface area contributed by atoms with Crippen LogP contribution in [0.2, 0.25) is 5.02 Å². The largest absolute Gasteiger partial charge is 0.322 e. The van der Waals surface area contributed by atoms with Crippen LogP contribution in [0, 0.1) is 13.8 Å². The van der Waals surface area contributed by atoms with E-state index >= 15 is 0 Å². The molecule has 0 spiro atoms. The third-order valence-electron chi connectivity index (χ3n) is 4.08. The van der Waals surface area contributed by atoms with E-state index in [1.165, 1.54) is 12.3 Å². The summed E-state index contributed by atoms with van der Waals surface area (Å²) in [7, 11) is 0. The highest BCUT2D eigenvalue weighted by molar-refractivity contribution is 6.30. The van der Waals surface area contributed by atoms with Crippen LogP contribution < -0.4 is 10.6 Å². The summed E-state index contributed by atoms with van der Waals surface area (Å²) in [5.74, 6) is -0.700. The van der Waals surface area contributed by atoms with Crippen LogP contribution in [0.5, 0.6) is 0 Å². The van der Waals surface area contributed by atoms with Crippen molar-refractivity contribution in [2.24, 2.45) is 0 Å². The van der Waals surface area contributed by atoms with Crippen molar-refractivity contribution < 1.29 is 9.59 Å². The third-order valence-corrected chi connectivity index (χ3v) is 4.33. The monoisotopic (exact) mass is 379 g/mol. The Labute approximate surface area is 162 Å². The van der Waals surface area contributed by atoms with Gasteiger partial charge in [-0.15, -0.1) is 0 Å². The topological polar surface area (TPSA) is 71.1 Å². The van der Waals surface area contributed by atoms with Crippen molar-refractivity contribution in [3.05, 3.63) is 88.2 Å². The van der Waals surface area contributed by atoms with Gasteiger partial charge in [0.05, 0.1) is 0 Å². The van der Waals surface area contributed by atoms with Crippen LogP contribution in [0.3, 0.4) is 0 Å². The molecule has 3 rings (SSSR count). The number of rotatable bonds is 4. The molecule has 2 N–H and O–H groups in total. The first-order valence-corrected chi connectivity index (χ1v) is 8.72. The van der Waals surface area contributed by atoms with Crippen molar-refractivity contribution in [1.29, 1.82) is 0 Å². The van der Waals surface area contributed by atoms with E-state index < -0.39 is 0 Å². The third kappa shape index (κ3) is 4.51. The van der Waals surface area contributed by atoms with Gasteiger partial charge in [0.1, 0.15) is 5.69 Å². The van der Waals surface area contributed by atoms with Gasteiger partial charge in [0.15, 0.2) is 0 Å². The molecule has 0 unspecified atom stereocenters. The van der Waals surface area contributed by atoms with E-state index in [1.54, 1.807) is 30.3 Å². The molecule has 0 atom stereocenters. The highest BCUT2D eigenvalue weighted by Gasteiger charge is 2.14. The van der Waals surface area contributed by atoms with Gasteiger partial charge in [-0.05, 0) is 61.4 Å². The van der Waals surface area contributed by atoms with Gasteiger partial charge in [-0.3, -0.25) is 14.6 Å². The molecular formula is C21H18ClN3O2. The maximum atomic E-state index is 12.6. The molecule has 1 heterocycles. The predicted molar refractivity (Wildman–Crippen MR) is 108 cm³/mol. The van der Waals surface area contributed by atoms with Crippen LogP contribution in [0.15, 0.2) is 60.8 Å². The molecule has 136 valence electrons. The fraction of sp³-hybridized carbons (Fsp3) is 0.0952. The summed E-state index contributed by atoms with van der Waals surface area (Å²) in [5, 5.41) is 6.22. The van der Waals surface area contributed by atoms with E-state index in [0.717, 1.165) is 16.8 Å². The van der Waals surface area contributed by atoms with Crippen LogP contribution >= 0.6 is 11.6 Å². The highest BCUT2D eigenvalue weighted by atomic mass is 35.5. The zero-order chi connectivity index (χ0) is 19.4. The SMILES string of the molecule is Cc1cccc(C)c1NC(=O)c1cc(C(=O)Nc2ccc(Cl)cc2)ccn1. The molecule has 0 bridgehead atoms. The number of hydrogen-bond acceptors (Lipinski definition) is 3. The van der Waals surface area contributed by atoms with Crippen molar-refractivity contribution in [2.45, 2.75) is 13.8 Å². The molecule has 0 saturated carbocycles. The van der Waals surface area contributed by atoms with Crippen molar-refractivity contribution >= 4 is 34.8 Å². The van der Waals surface area contributed by atoms with Gasteiger partial charge >= 0.3 is 0 Å². The second-order valence-electron chi connectivity index (χ2n) is 6.11. The molecule has 1 aromatic heterocycles. The lowest BCUT2D eigenvalue weighted by Gasteiger charge is -2.11. The summed E-state index contributed by atoms with van der Waals surface area (Å²) < 4.78 is 0. The molecule has 0 aliphatic carbocycles. The summed E-state index contributed by atoms with van der Waals surface area (Å²) in [4.78, 5) is 29.1. The summed E-state index contributed by atoms with van der Waals surface area (Å²) in [5.41, 5.74) is 3.79. The van der Waals surface area contributed by atoms with Crippen molar-refractivity contribution in [1.82, 2.24) is 4.98 Å². The van der Waals surface area contributed by atoms with E-state index in [2.05, 4.69) is 15.6 Å². The minimum Gasteiger partial charge on any atom is -0.322 e. The first-order valence-electron chi connectivity index (χ1n) is 8.34. The Morgan fingerprint density at radius 2 is 1.56 bits per heavy atom. The van der Waals surface area contributed by atoms with E-state index in [4.69, 9.17) is 11.6 Å². The molecule has 6 heteroatoms. The Hall–Kier alpha value is -3.18. The number of aromatic nitrogens is 1. The number of benzene rings is 2. The number of aryl methyl sites for hydroxylation is 2. The van der Waals surface area contributed by atoms with E-state index in [9.17, 15) is 9.59 Å². The normalized spacial score (nSPS) is 10.3. The zero-order valence-corrected chi connectivity index (χ0v) is 15.7. The lowest BCUT2D eigenvalue weighted by Crippen LogP contribution is -2.17. The number of nitrogens with one attached hydrogen (secondary N) is 2. The number of nitrogens with zero attached hydrogens (tertiary/aromatic N) is 1. The van der Waals surface area contributed by atoms with Gasteiger partial charge in [-0.2, -0.15) is 0 Å². The number of hydrogen-bond donors (Lipinski definition) is 2. The Balaban J connectivity index is 1.77. The van der Waals surface area contributed by atoms with Crippen LogP contribution in [-0.2, 0) is 0 Å². The fourth-order valence-corrected chi connectivity index (χ4v) is 2.75. The van der Waals surface area contributed by atoms with E-state index in [1.807, 2.05) is 32.0 Å². The van der Waals surface area contributed by atoms with E-state index in [-0.39, 0.29) is 17.5 Å².